The van der Waals surface area contributed by atoms with Crippen molar-refractivity contribution >= 4 is 17.7 Å². The third-order valence-electron chi connectivity index (χ3n) is 3.18. The molecule has 0 radical (unpaired) electrons. The number of hydrogen-bond acceptors (Lipinski definition) is 4. The van der Waals surface area contributed by atoms with Crippen molar-refractivity contribution in [3.8, 4) is 11.8 Å². The minimum atomic E-state index is -0.283. The molecule has 1 N–H and O–H groups in total. The van der Waals surface area contributed by atoms with Gasteiger partial charge in [0.05, 0.1) is 23.5 Å². The summed E-state index contributed by atoms with van der Waals surface area (Å²) in [5.74, 6) is -0.283. The van der Waals surface area contributed by atoms with Gasteiger partial charge in [0.15, 0.2) is 0 Å². The standard InChI is InChI=1S/C18H13N5O/c19-12-14-6-8-15(9-7-14)21-18(24)11-10-16-13-20-23(22-16)17-4-2-1-3-5-17/h1-11,13H,(H,21,24)/b11-10+. The first-order valence-electron chi connectivity index (χ1n) is 7.21. The van der Waals surface area contributed by atoms with Gasteiger partial charge in [0, 0.05) is 11.8 Å². The van der Waals surface area contributed by atoms with Crippen molar-refractivity contribution in [1.29, 1.82) is 5.26 Å². The van der Waals surface area contributed by atoms with Gasteiger partial charge in [-0.15, -0.1) is 5.10 Å². The molecular weight excluding hydrogens is 302 g/mol. The van der Waals surface area contributed by atoms with Gasteiger partial charge in [-0.2, -0.15) is 15.2 Å². The Balaban J connectivity index is 1.64. The van der Waals surface area contributed by atoms with Crippen LogP contribution in [-0.4, -0.2) is 20.9 Å². The average molecular weight is 315 g/mol. The zero-order valence-electron chi connectivity index (χ0n) is 12.6. The number of hydrogen-bond donors (Lipinski definition) is 1. The van der Waals surface area contributed by atoms with Crippen LogP contribution in [0, 0.1) is 11.3 Å². The predicted octanol–water partition coefficient (Wildman–Crippen LogP) is 2.79. The van der Waals surface area contributed by atoms with Crippen molar-refractivity contribution in [2.24, 2.45) is 0 Å². The van der Waals surface area contributed by atoms with Gasteiger partial charge in [0.1, 0.15) is 5.69 Å². The van der Waals surface area contributed by atoms with Crippen LogP contribution in [0.5, 0.6) is 0 Å². The van der Waals surface area contributed by atoms with E-state index < -0.39 is 0 Å². The zero-order chi connectivity index (χ0) is 16.8. The van der Waals surface area contributed by atoms with E-state index in [9.17, 15) is 4.79 Å². The van der Waals surface area contributed by atoms with Gasteiger partial charge in [-0.25, -0.2) is 0 Å². The number of amides is 1. The summed E-state index contributed by atoms with van der Waals surface area (Å²) in [6, 6.07) is 18.2. The maximum atomic E-state index is 11.9. The van der Waals surface area contributed by atoms with Gasteiger partial charge in [-0.3, -0.25) is 4.79 Å². The van der Waals surface area contributed by atoms with E-state index in [1.807, 2.05) is 36.4 Å². The lowest BCUT2D eigenvalue weighted by atomic mass is 10.2. The normalized spacial score (nSPS) is 10.5. The predicted molar refractivity (Wildman–Crippen MR) is 90.2 cm³/mol. The Morgan fingerprint density at radius 1 is 1.12 bits per heavy atom. The molecule has 0 spiro atoms. The number of anilines is 1. The summed E-state index contributed by atoms with van der Waals surface area (Å²) in [6.45, 7) is 0. The number of carbonyl (C=O) groups is 1. The molecule has 0 aliphatic rings. The lowest BCUT2D eigenvalue weighted by Crippen LogP contribution is -2.07. The smallest absolute Gasteiger partial charge is 0.248 e. The molecule has 0 aliphatic heterocycles. The minimum absolute atomic E-state index is 0.283. The highest BCUT2D eigenvalue weighted by molar-refractivity contribution is 6.01. The van der Waals surface area contributed by atoms with Crippen LogP contribution in [0.4, 0.5) is 5.69 Å². The van der Waals surface area contributed by atoms with Crippen LogP contribution in [0.2, 0.25) is 0 Å². The van der Waals surface area contributed by atoms with Crippen LogP contribution in [-0.2, 0) is 4.79 Å². The zero-order valence-corrected chi connectivity index (χ0v) is 12.6. The largest absolute Gasteiger partial charge is 0.323 e. The van der Waals surface area contributed by atoms with Gasteiger partial charge in [0.2, 0.25) is 5.91 Å². The van der Waals surface area contributed by atoms with Crippen LogP contribution in [0.3, 0.4) is 0 Å². The number of nitrogens with zero attached hydrogens (tertiary/aromatic N) is 4. The molecule has 0 bridgehead atoms. The summed E-state index contributed by atoms with van der Waals surface area (Å²) < 4.78 is 0. The Hall–Kier alpha value is -3.72. The summed E-state index contributed by atoms with van der Waals surface area (Å²) in [6.07, 6.45) is 4.56. The van der Waals surface area contributed by atoms with Crippen LogP contribution in [0.1, 0.15) is 11.3 Å². The molecule has 0 saturated heterocycles. The molecule has 0 saturated carbocycles. The Kier molecular flexibility index (Phi) is 4.45. The second-order valence-electron chi connectivity index (χ2n) is 4.91. The molecule has 0 aliphatic carbocycles. The molecular formula is C18H13N5O. The van der Waals surface area contributed by atoms with Crippen LogP contribution < -0.4 is 5.32 Å². The van der Waals surface area contributed by atoms with Crippen molar-refractivity contribution in [1.82, 2.24) is 15.0 Å². The average Bonchev–Trinajstić information content (AvgIpc) is 3.10. The van der Waals surface area contributed by atoms with Crippen molar-refractivity contribution in [2.75, 3.05) is 5.32 Å². The Morgan fingerprint density at radius 2 is 1.88 bits per heavy atom. The van der Waals surface area contributed by atoms with Gasteiger partial charge in [-0.1, -0.05) is 18.2 Å². The molecule has 1 heterocycles. The lowest BCUT2D eigenvalue weighted by molar-refractivity contribution is -0.111. The highest BCUT2D eigenvalue weighted by Crippen LogP contribution is 2.09. The molecule has 24 heavy (non-hydrogen) atoms. The number of para-hydroxylation sites is 1. The fraction of sp³-hybridized carbons (Fsp3) is 0. The molecule has 0 atom stereocenters. The molecule has 6 heteroatoms. The Morgan fingerprint density at radius 3 is 2.58 bits per heavy atom. The third kappa shape index (κ3) is 3.72. The highest BCUT2D eigenvalue weighted by Gasteiger charge is 2.01. The van der Waals surface area contributed by atoms with Crippen molar-refractivity contribution in [2.45, 2.75) is 0 Å². The Labute approximate surface area is 138 Å². The van der Waals surface area contributed by atoms with E-state index in [1.54, 1.807) is 36.5 Å². The second kappa shape index (κ2) is 7.03. The fourth-order valence-corrected chi connectivity index (χ4v) is 2.01. The molecule has 3 rings (SSSR count). The molecule has 3 aromatic rings. The van der Waals surface area contributed by atoms with E-state index in [-0.39, 0.29) is 5.91 Å². The minimum Gasteiger partial charge on any atom is -0.323 e. The first-order valence-corrected chi connectivity index (χ1v) is 7.21. The summed E-state index contributed by atoms with van der Waals surface area (Å²) in [4.78, 5) is 13.4. The van der Waals surface area contributed by atoms with Crippen molar-refractivity contribution in [3.63, 3.8) is 0 Å². The molecule has 1 aromatic heterocycles. The van der Waals surface area contributed by atoms with E-state index in [2.05, 4.69) is 15.5 Å². The molecule has 0 fully saturated rings. The maximum Gasteiger partial charge on any atom is 0.248 e. The molecule has 0 unspecified atom stereocenters. The summed E-state index contributed by atoms with van der Waals surface area (Å²) >= 11 is 0. The van der Waals surface area contributed by atoms with Gasteiger partial charge in [-0.05, 0) is 42.5 Å². The topological polar surface area (TPSA) is 83.6 Å². The van der Waals surface area contributed by atoms with E-state index in [4.69, 9.17) is 5.26 Å². The molecule has 6 nitrogen and oxygen atoms in total. The molecule has 1 amide bonds. The first-order chi connectivity index (χ1) is 11.7. The third-order valence-corrected chi connectivity index (χ3v) is 3.18. The summed E-state index contributed by atoms with van der Waals surface area (Å²) in [5.41, 5.74) is 2.59. The maximum absolute atomic E-state index is 11.9. The van der Waals surface area contributed by atoms with E-state index in [0.717, 1.165) is 5.69 Å². The summed E-state index contributed by atoms with van der Waals surface area (Å²) in [5, 5.41) is 19.9. The number of nitrogens with one attached hydrogen (secondary N) is 1. The van der Waals surface area contributed by atoms with Crippen LogP contribution in [0.25, 0.3) is 11.8 Å². The van der Waals surface area contributed by atoms with Gasteiger partial charge >= 0.3 is 0 Å². The van der Waals surface area contributed by atoms with E-state index >= 15 is 0 Å². The van der Waals surface area contributed by atoms with Crippen LogP contribution >= 0.6 is 0 Å². The molecule has 116 valence electrons. The summed E-state index contributed by atoms with van der Waals surface area (Å²) in [7, 11) is 0. The van der Waals surface area contributed by atoms with Crippen LogP contribution in [0.15, 0.2) is 66.9 Å². The van der Waals surface area contributed by atoms with Gasteiger partial charge in [0.25, 0.3) is 0 Å². The monoisotopic (exact) mass is 315 g/mol. The fourth-order valence-electron chi connectivity index (χ4n) is 2.01. The first kappa shape index (κ1) is 15.2. The lowest BCUT2D eigenvalue weighted by Gasteiger charge is -2.01. The SMILES string of the molecule is N#Cc1ccc(NC(=O)/C=C/c2cnn(-c3ccccc3)n2)cc1. The van der Waals surface area contributed by atoms with E-state index in [1.165, 1.54) is 10.9 Å². The number of nitriles is 1. The Bertz CT molecular complexity index is 905. The number of aromatic nitrogens is 3. The molecule has 2 aromatic carbocycles. The van der Waals surface area contributed by atoms with Gasteiger partial charge < -0.3 is 5.32 Å². The van der Waals surface area contributed by atoms with Crippen molar-refractivity contribution in [3.05, 3.63) is 78.1 Å². The number of benzene rings is 2. The highest BCUT2D eigenvalue weighted by atomic mass is 16.1. The quantitative estimate of drug-likeness (QED) is 0.750. The number of rotatable bonds is 4. The second-order valence-corrected chi connectivity index (χ2v) is 4.91. The van der Waals surface area contributed by atoms with Crippen molar-refractivity contribution < 1.29 is 4.79 Å². The van der Waals surface area contributed by atoms with E-state index in [0.29, 0.717) is 16.9 Å². The number of carbonyl (C=O) groups excluding carboxylic acids is 1.